The summed E-state index contributed by atoms with van der Waals surface area (Å²) in [5.41, 5.74) is 5.08. The SMILES string of the molecule is COc1cc(C2C3=CCC4C(=O)N(c5ccc(N=Nc6ccc(N(C)C)cc6)cc5)C(=O)C4C3CC3=C2C(=O)C=C(C)C3=O)cc(OC)c1O. The smallest absolute Gasteiger partial charge is 0.238 e. The van der Waals surface area contributed by atoms with Crippen molar-refractivity contribution < 1.29 is 33.8 Å². The second-order valence-corrected chi connectivity index (χ2v) is 13.1. The molecule has 3 aromatic rings. The first-order valence-electron chi connectivity index (χ1n) is 16.3. The Morgan fingerprint density at radius 2 is 1.44 bits per heavy atom. The van der Waals surface area contributed by atoms with Crippen LogP contribution in [0, 0.1) is 17.8 Å². The van der Waals surface area contributed by atoms with Gasteiger partial charge in [-0.25, -0.2) is 0 Å². The van der Waals surface area contributed by atoms with E-state index < -0.39 is 23.7 Å². The van der Waals surface area contributed by atoms with Gasteiger partial charge in [0.25, 0.3) is 0 Å². The summed E-state index contributed by atoms with van der Waals surface area (Å²) in [5, 5.41) is 19.3. The zero-order valence-electron chi connectivity index (χ0n) is 28.3. The molecular formula is C39H36N4O7. The van der Waals surface area contributed by atoms with Crippen LogP contribution >= 0.6 is 0 Å². The molecule has 1 N–H and O–H groups in total. The lowest BCUT2D eigenvalue weighted by Gasteiger charge is -2.42. The van der Waals surface area contributed by atoms with Crippen molar-refractivity contribution in [1.29, 1.82) is 0 Å². The first-order valence-corrected chi connectivity index (χ1v) is 16.3. The van der Waals surface area contributed by atoms with Crippen molar-refractivity contribution in [3.63, 3.8) is 0 Å². The number of rotatable bonds is 7. The minimum atomic E-state index is -0.737. The molecule has 2 amide bonds. The van der Waals surface area contributed by atoms with Crippen LogP contribution in [0.1, 0.15) is 31.2 Å². The maximum Gasteiger partial charge on any atom is 0.238 e. The van der Waals surface area contributed by atoms with Gasteiger partial charge in [0.05, 0.1) is 43.1 Å². The normalized spacial score (nSPS) is 23.0. The van der Waals surface area contributed by atoms with Gasteiger partial charge in [-0.05, 0) is 98.0 Å². The molecule has 0 radical (unpaired) electrons. The van der Waals surface area contributed by atoms with E-state index in [0.29, 0.717) is 45.8 Å². The molecule has 11 nitrogen and oxygen atoms in total. The zero-order valence-corrected chi connectivity index (χ0v) is 28.3. The molecule has 4 unspecified atom stereocenters. The fourth-order valence-electron chi connectivity index (χ4n) is 7.70. The summed E-state index contributed by atoms with van der Waals surface area (Å²) < 4.78 is 10.9. The fraction of sp³-hybridized carbons (Fsp3) is 0.282. The van der Waals surface area contributed by atoms with Crippen molar-refractivity contribution in [2.24, 2.45) is 28.0 Å². The number of aromatic hydroxyl groups is 1. The zero-order chi connectivity index (χ0) is 35.4. The van der Waals surface area contributed by atoms with Crippen LogP contribution < -0.4 is 19.3 Å². The van der Waals surface area contributed by atoms with Crippen LogP contribution in [0.15, 0.2) is 105 Å². The highest BCUT2D eigenvalue weighted by molar-refractivity contribution is 6.25. The van der Waals surface area contributed by atoms with Crippen LogP contribution in [0.3, 0.4) is 0 Å². The predicted molar refractivity (Wildman–Crippen MR) is 186 cm³/mol. The van der Waals surface area contributed by atoms with E-state index in [-0.39, 0.29) is 47.1 Å². The number of fused-ring (bicyclic) bond motifs is 3. The van der Waals surface area contributed by atoms with Crippen molar-refractivity contribution >= 4 is 46.1 Å². The molecule has 0 spiro atoms. The van der Waals surface area contributed by atoms with Crippen molar-refractivity contribution in [2.75, 3.05) is 38.1 Å². The number of benzene rings is 3. The monoisotopic (exact) mass is 672 g/mol. The molecule has 0 bridgehead atoms. The van der Waals surface area contributed by atoms with E-state index >= 15 is 0 Å². The molecule has 7 rings (SSSR count). The number of hydrogen-bond donors (Lipinski definition) is 1. The molecule has 0 aromatic heterocycles. The summed E-state index contributed by atoms with van der Waals surface area (Å²) in [6, 6.07) is 17.7. The van der Waals surface area contributed by atoms with Gasteiger partial charge in [-0.2, -0.15) is 10.2 Å². The highest BCUT2D eigenvalue weighted by Crippen LogP contribution is 2.56. The van der Waals surface area contributed by atoms with Crippen LogP contribution in [0.25, 0.3) is 0 Å². The van der Waals surface area contributed by atoms with Crippen LogP contribution in [0.4, 0.5) is 22.7 Å². The van der Waals surface area contributed by atoms with E-state index in [1.54, 1.807) is 43.3 Å². The fourth-order valence-corrected chi connectivity index (χ4v) is 7.70. The van der Waals surface area contributed by atoms with Gasteiger partial charge in [-0.3, -0.25) is 24.1 Å². The molecule has 1 fully saturated rings. The molecule has 3 aliphatic carbocycles. The van der Waals surface area contributed by atoms with Crippen LogP contribution in [-0.4, -0.2) is 56.8 Å². The number of allylic oxidation sites excluding steroid dienone is 6. The number of carbonyl (C=O) groups excluding carboxylic acids is 4. The number of ether oxygens (including phenoxy) is 2. The Hall–Kier alpha value is -5.84. The third kappa shape index (κ3) is 5.29. The van der Waals surface area contributed by atoms with Crippen molar-refractivity contribution in [3.8, 4) is 17.2 Å². The maximum absolute atomic E-state index is 14.3. The lowest BCUT2D eigenvalue weighted by Crippen LogP contribution is -2.39. The Kier molecular flexibility index (Phi) is 8.21. The molecule has 4 atom stereocenters. The van der Waals surface area contributed by atoms with E-state index in [0.717, 1.165) is 11.3 Å². The van der Waals surface area contributed by atoms with Crippen molar-refractivity contribution in [1.82, 2.24) is 0 Å². The largest absolute Gasteiger partial charge is 0.502 e. The van der Waals surface area contributed by atoms with E-state index in [9.17, 15) is 24.3 Å². The van der Waals surface area contributed by atoms with Gasteiger partial charge in [0, 0.05) is 42.4 Å². The number of phenols is 1. The minimum absolute atomic E-state index is 0.141. The number of anilines is 2. The topological polar surface area (TPSA) is 138 Å². The van der Waals surface area contributed by atoms with Gasteiger partial charge in [0.1, 0.15) is 0 Å². The number of methoxy groups -OCH3 is 2. The lowest BCUT2D eigenvalue weighted by atomic mass is 9.59. The molecular weight excluding hydrogens is 636 g/mol. The number of phenolic OH excluding ortho intramolecular Hbond substituents is 1. The minimum Gasteiger partial charge on any atom is -0.502 e. The Bertz CT molecular complexity index is 2050. The number of ketones is 2. The maximum atomic E-state index is 14.3. The summed E-state index contributed by atoms with van der Waals surface area (Å²) in [6.45, 7) is 1.61. The van der Waals surface area contributed by atoms with E-state index in [1.165, 1.54) is 25.2 Å². The average Bonchev–Trinajstić information content (AvgIpc) is 3.38. The number of amides is 2. The summed E-state index contributed by atoms with van der Waals surface area (Å²) in [6.07, 6.45) is 3.74. The van der Waals surface area contributed by atoms with E-state index in [2.05, 4.69) is 10.2 Å². The molecule has 50 heavy (non-hydrogen) atoms. The molecule has 254 valence electrons. The second-order valence-electron chi connectivity index (χ2n) is 13.1. The molecule has 3 aromatic carbocycles. The van der Waals surface area contributed by atoms with Gasteiger partial charge in [-0.1, -0.05) is 11.6 Å². The molecule has 1 aliphatic heterocycles. The summed E-state index contributed by atoms with van der Waals surface area (Å²) in [4.78, 5) is 58.7. The van der Waals surface area contributed by atoms with Crippen LogP contribution in [-0.2, 0) is 19.2 Å². The van der Waals surface area contributed by atoms with E-state index in [4.69, 9.17) is 9.47 Å². The van der Waals surface area contributed by atoms with E-state index in [1.807, 2.05) is 49.3 Å². The molecule has 11 heteroatoms. The third-order valence-electron chi connectivity index (χ3n) is 10.2. The molecule has 0 saturated carbocycles. The van der Waals surface area contributed by atoms with Gasteiger partial charge in [-0.15, -0.1) is 0 Å². The Balaban J connectivity index is 1.22. The summed E-state index contributed by atoms with van der Waals surface area (Å²) in [7, 11) is 6.75. The number of nitrogens with zero attached hydrogens (tertiary/aromatic N) is 4. The summed E-state index contributed by atoms with van der Waals surface area (Å²) in [5.74, 6) is -3.70. The standard InChI is InChI=1S/C39H36N4O7/c1-20-16-30(44)35-29(36(20)45)19-28-26(33(35)21-17-31(49-4)37(46)32(18-21)50-5)14-15-27-34(28)39(48)43(38(27)47)25-12-8-23(9-13-25)41-40-22-6-10-24(11-7-22)42(2)3/h6-14,16-18,27-28,33-34,46H,15,19H2,1-5H3. The van der Waals surface area contributed by atoms with Gasteiger partial charge in [0.2, 0.25) is 17.6 Å². The first-order chi connectivity index (χ1) is 24.0. The highest BCUT2D eigenvalue weighted by atomic mass is 16.5. The molecule has 1 heterocycles. The number of Topliss-reactive ketones (excluding diaryl/α,β-unsaturated/α-hetero) is 1. The van der Waals surface area contributed by atoms with Crippen LogP contribution in [0.2, 0.25) is 0 Å². The number of hydrogen-bond acceptors (Lipinski definition) is 10. The van der Waals surface area contributed by atoms with Gasteiger partial charge >= 0.3 is 0 Å². The van der Waals surface area contributed by atoms with Crippen molar-refractivity contribution in [3.05, 3.63) is 101 Å². The Morgan fingerprint density at radius 3 is 2.02 bits per heavy atom. The second kappa shape index (κ2) is 12.6. The van der Waals surface area contributed by atoms with Gasteiger partial charge in [0.15, 0.2) is 23.1 Å². The third-order valence-corrected chi connectivity index (χ3v) is 10.2. The highest BCUT2D eigenvalue weighted by Gasteiger charge is 2.56. The number of carbonyl (C=O) groups is 4. The van der Waals surface area contributed by atoms with Gasteiger partial charge < -0.3 is 19.5 Å². The average molecular weight is 673 g/mol. The van der Waals surface area contributed by atoms with Crippen LogP contribution in [0.5, 0.6) is 17.2 Å². The first kappa shape index (κ1) is 32.7. The molecule has 4 aliphatic rings. The lowest BCUT2D eigenvalue weighted by molar-refractivity contribution is -0.123. The predicted octanol–water partition coefficient (Wildman–Crippen LogP) is 6.52. The quantitative estimate of drug-likeness (QED) is 0.130. The van der Waals surface area contributed by atoms with Crippen molar-refractivity contribution in [2.45, 2.75) is 25.7 Å². The molecule has 1 saturated heterocycles. The Morgan fingerprint density at radius 1 is 0.840 bits per heavy atom. The Labute approximate surface area is 289 Å². The summed E-state index contributed by atoms with van der Waals surface area (Å²) >= 11 is 0. The number of azo groups is 1. The number of imide groups is 1.